The van der Waals surface area contributed by atoms with Gasteiger partial charge in [-0.15, -0.1) is 11.3 Å². The number of nitro benzene ring substituents is 1. The van der Waals surface area contributed by atoms with E-state index in [0.29, 0.717) is 8.66 Å². The van der Waals surface area contributed by atoms with E-state index >= 15 is 0 Å². The van der Waals surface area contributed by atoms with Crippen molar-refractivity contribution < 1.29 is 13.3 Å². The maximum absolute atomic E-state index is 12.4. The van der Waals surface area contributed by atoms with Gasteiger partial charge in [0.15, 0.2) is 0 Å². The fourth-order valence-corrected chi connectivity index (χ4v) is 5.27. The quantitative estimate of drug-likeness (QED) is 0.634. The van der Waals surface area contributed by atoms with E-state index in [1.54, 1.807) is 19.9 Å². The number of thiophene rings is 1. The van der Waals surface area contributed by atoms with E-state index in [9.17, 15) is 18.5 Å². The Balaban J connectivity index is 2.48. The number of nitro groups is 1. The molecule has 0 spiro atoms. The molecule has 0 radical (unpaired) electrons. The Hall–Kier alpha value is -1.45. The highest BCUT2D eigenvalue weighted by molar-refractivity contribution is 9.11. The number of hydrogen-bond donors (Lipinski definition) is 1. The molecule has 2 rings (SSSR count). The summed E-state index contributed by atoms with van der Waals surface area (Å²) in [6.07, 6.45) is 0. The minimum atomic E-state index is -3.87. The van der Waals surface area contributed by atoms with E-state index in [4.69, 9.17) is 0 Å². The highest BCUT2D eigenvalue weighted by Crippen LogP contribution is 2.33. The molecule has 0 aliphatic carbocycles. The Morgan fingerprint density at radius 3 is 2.48 bits per heavy atom. The Bertz CT molecular complexity index is 815. The van der Waals surface area contributed by atoms with Crippen molar-refractivity contribution in [1.29, 1.82) is 0 Å². The third-order valence-electron chi connectivity index (χ3n) is 2.72. The molecular formula is C12H11BrN2O4S2. The van der Waals surface area contributed by atoms with Gasteiger partial charge in [-0.2, -0.15) is 0 Å². The normalized spacial score (nSPS) is 11.4. The number of nitrogens with zero attached hydrogens (tertiary/aromatic N) is 1. The number of hydrogen-bond acceptors (Lipinski definition) is 5. The molecule has 0 atom stereocenters. The Kier molecular flexibility index (Phi) is 4.35. The summed E-state index contributed by atoms with van der Waals surface area (Å²) >= 11 is 4.51. The van der Waals surface area contributed by atoms with Crippen LogP contribution in [0.3, 0.4) is 0 Å². The van der Waals surface area contributed by atoms with Gasteiger partial charge >= 0.3 is 0 Å². The van der Waals surface area contributed by atoms with Crippen molar-refractivity contribution in [3.8, 4) is 0 Å². The first-order valence-electron chi connectivity index (χ1n) is 5.74. The number of aryl methyl sites for hydroxylation is 2. The Morgan fingerprint density at radius 1 is 1.29 bits per heavy atom. The number of rotatable bonds is 4. The zero-order valence-electron chi connectivity index (χ0n) is 11.1. The molecule has 0 saturated carbocycles. The van der Waals surface area contributed by atoms with Crippen molar-refractivity contribution in [2.75, 3.05) is 4.72 Å². The standard InChI is InChI=1S/C12H11BrN2O4S2/c1-7-3-4-10(15(16)17)9(5-7)14-21(18,19)11-6-12(13)20-8(11)2/h3-6,14H,1-2H3. The minimum absolute atomic E-state index is 0.0401. The maximum Gasteiger partial charge on any atom is 0.293 e. The SMILES string of the molecule is Cc1ccc([N+](=O)[O-])c(NS(=O)(=O)c2cc(Br)sc2C)c1. The van der Waals surface area contributed by atoms with E-state index in [2.05, 4.69) is 20.7 Å². The molecule has 21 heavy (non-hydrogen) atoms. The predicted molar refractivity (Wildman–Crippen MR) is 85.4 cm³/mol. The molecule has 0 fully saturated rings. The Morgan fingerprint density at radius 2 is 1.95 bits per heavy atom. The third-order valence-corrected chi connectivity index (χ3v) is 5.90. The van der Waals surface area contributed by atoms with Gasteiger partial charge in [0.25, 0.3) is 15.7 Å². The molecule has 9 heteroatoms. The van der Waals surface area contributed by atoms with Crippen LogP contribution in [-0.2, 0) is 10.0 Å². The zero-order chi connectivity index (χ0) is 15.8. The summed E-state index contributed by atoms with van der Waals surface area (Å²) in [5, 5.41) is 11.0. The second kappa shape index (κ2) is 5.74. The van der Waals surface area contributed by atoms with Crippen molar-refractivity contribution in [2.24, 2.45) is 0 Å². The lowest BCUT2D eigenvalue weighted by Gasteiger charge is -2.08. The molecule has 1 aromatic heterocycles. The van der Waals surface area contributed by atoms with E-state index in [1.807, 2.05) is 0 Å². The molecule has 1 heterocycles. The van der Waals surface area contributed by atoms with E-state index in [1.165, 1.54) is 29.5 Å². The van der Waals surface area contributed by atoms with Crippen LogP contribution in [0.25, 0.3) is 0 Å². The zero-order valence-corrected chi connectivity index (χ0v) is 14.3. The number of benzene rings is 1. The number of anilines is 1. The van der Waals surface area contributed by atoms with Crippen molar-refractivity contribution in [2.45, 2.75) is 18.7 Å². The summed E-state index contributed by atoms with van der Waals surface area (Å²) in [5.41, 5.74) is 0.402. The Labute approximate surface area is 134 Å². The highest BCUT2D eigenvalue weighted by Gasteiger charge is 2.23. The summed E-state index contributed by atoms with van der Waals surface area (Å²) in [4.78, 5) is 11.1. The molecule has 0 aliphatic heterocycles. The molecule has 0 aliphatic rings. The van der Waals surface area contributed by atoms with Crippen molar-refractivity contribution in [3.05, 3.63) is 48.6 Å². The lowest BCUT2D eigenvalue weighted by atomic mass is 10.2. The van der Waals surface area contributed by atoms with Gasteiger partial charge in [0.05, 0.1) is 8.71 Å². The number of sulfonamides is 1. The molecule has 0 unspecified atom stereocenters. The summed E-state index contributed by atoms with van der Waals surface area (Å²) < 4.78 is 27.7. The van der Waals surface area contributed by atoms with Gasteiger partial charge in [-0.05, 0) is 47.5 Å². The molecule has 1 aromatic carbocycles. The van der Waals surface area contributed by atoms with Gasteiger partial charge in [0, 0.05) is 10.9 Å². The average molecular weight is 391 g/mol. The number of halogens is 1. The first-order valence-corrected chi connectivity index (χ1v) is 8.84. The van der Waals surface area contributed by atoms with E-state index in [-0.39, 0.29) is 16.3 Å². The fourth-order valence-electron chi connectivity index (χ4n) is 1.79. The van der Waals surface area contributed by atoms with Crippen LogP contribution in [0, 0.1) is 24.0 Å². The average Bonchev–Trinajstić information content (AvgIpc) is 2.68. The van der Waals surface area contributed by atoms with Gasteiger partial charge in [0.2, 0.25) is 0 Å². The first kappa shape index (κ1) is 15.9. The summed E-state index contributed by atoms with van der Waals surface area (Å²) in [6.45, 7) is 3.41. The minimum Gasteiger partial charge on any atom is -0.273 e. The summed E-state index contributed by atoms with van der Waals surface area (Å²) in [7, 11) is -3.87. The summed E-state index contributed by atoms with van der Waals surface area (Å²) in [6, 6.07) is 5.75. The van der Waals surface area contributed by atoms with Crippen LogP contribution >= 0.6 is 27.3 Å². The molecule has 112 valence electrons. The van der Waals surface area contributed by atoms with E-state index < -0.39 is 14.9 Å². The monoisotopic (exact) mass is 390 g/mol. The molecule has 0 bridgehead atoms. The maximum atomic E-state index is 12.4. The first-order chi connectivity index (χ1) is 9.70. The molecular weight excluding hydrogens is 380 g/mol. The van der Waals surface area contributed by atoms with Crippen molar-refractivity contribution in [3.63, 3.8) is 0 Å². The lowest BCUT2D eigenvalue weighted by molar-refractivity contribution is -0.383. The molecule has 0 amide bonds. The second-order valence-corrected chi connectivity index (χ2v) is 8.64. The van der Waals surface area contributed by atoms with Crippen LogP contribution in [0.1, 0.15) is 10.4 Å². The van der Waals surface area contributed by atoms with Gasteiger partial charge in [-0.1, -0.05) is 6.07 Å². The van der Waals surface area contributed by atoms with Gasteiger partial charge in [-0.3, -0.25) is 14.8 Å². The van der Waals surface area contributed by atoms with Crippen LogP contribution in [0.2, 0.25) is 0 Å². The van der Waals surface area contributed by atoms with Crippen molar-refractivity contribution >= 4 is 48.7 Å². The molecule has 2 aromatic rings. The van der Waals surface area contributed by atoms with Crippen LogP contribution in [0.4, 0.5) is 11.4 Å². The van der Waals surface area contributed by atoms with Gasteiger partial charge < -0.3 is 0 Å². The largest absolute Gasteiger partial charge is 0.293 e. The fraction of sp³-hybridized carbons (Fsp3) is 0.167. The van der Waals surface area contributed by atoms with Crippen molar-refractivity contribution in [1.82, 2.24) is 0 Å². The number of nitrogens with one attached hydrogen (secondary N) is 1. The smallest absolute Gasteiger partial charge is 0.273 e. The third kappa shape index (κ3) is 3.42. The van der Waals surface area contributed by atoms with Crippen LogP contribution in [0.15, 0.2) is 32.9 Å². The van der Waals surface area contributed by atoms with Gasteiger partial charge in [0.1, 0.15) is 10.6 Å². The van der Waals surface area contributed by atoms with Crippen LogP contribution < -0.4 is 4.72 Å². The predicted octanol–water partition coefficient (Wildman–Crippen LogP) is 3.84. The van der Waals surface area contributed by atoms with Crippen LogP contribution in [0.5, 0.6) is 0 Å². The second-order valence-electron chi connectivity index (χ2n) is 4.35. The lowest BCUT2D eigenvalue weighted by Crippen LogP contribution is -2.14. The van der Waals surface area contributed by atoms with Crippen LogP contribution in [-0.4, -0.2) is 13.3 Å². The molecule has 0 saturated heterocycles. The highest BCUT2D eigenvalue weighted by atomic mass is 79.9. The summed E-state index contributed by atoms with van der Waals surface area (Å²) in [5.74, 6) is 0. The van der Waals surface area contributed by atoms with Gasteiger partial charge in [-0.25, -0.2) is 8.42 Å². The van der Waals surface area contributed by atoms with E-state index in [0.717, 1.165) is 5.56 Å². The molecule has 1 N–H and O–H groups in total. The molecule has 6 nitrogen and oxygen atoms in total. The topological polar surface area (TPSA) is 89.3 Å².